The van der Waals surface area contributed by atoms with Crippen molar-refractivity contribution in [2.45, 2.75) is 49.1 Å². The molecule has 4 nitrogen and oxygen atoms in total. The molecular formula is C17H21N3OS2. The van der Waals surface area contributed by atoms with Crippen molar-refractivity contribution >= 4 is 34.1 Å². The largest absolute Gasteiger partial charge is 0.300 e. The molecule has 1 N–H and O–H groups in total. The second-order valence-corrected chi connectivity index (χ2v) is 8.25. The third-order valence-corrected chi connectivity index (χ3v) is 6.13. The highest BCUT2D eigenvalue weighted by Crippen LogP contribution is 2.30. The summed E-state index contributed by atoms with van der Waals surface area (Å²) in [5.41, 5.74) is 2.53. The van der Waals surface area contributed by atoms with E-state index < -0.39 is 0 Å². The molecule has 1 fully saturated rings. The Morgan fingerprint density at radius 3 is 2.74 bits per heavy atom. The lowest BCUT2D eigenvalue weighted by atomic mass is 10.0. The van der Waals surface area contributed by atoms with Gasteiger partial charge in [0.1, 0.15) is 0 Å². The maximum Gasteiger partial charge on any atom is 0.226 e. The van der Waals surface area contributed by atoms with Gasteiger partial charge in [-0.2, -0.15) is 0 Å². The summed E-state index contributed by atoms with van der Waals surface area (Å²) in [7, 11) is 0. The summed E-state index contributed by atoms with van der Waals surface area (Å²) in [5, 5.41) is 11.7. The van der Waals surface area contributed by atoms with Crippen LogP contribution in [0.25, 0.3) is 0 Å². The van der Waals surface area contributed by atoms with Gasteiger partial charge >= 0.3 is 0 Å². The Morgan fingerprint density at radius 1 is 1.26 bits per heavy atom. The molecule has 1 aromatic carbocycles. The molecule has 1 aromatic heterocycles. The Hall–Kier alpha value is -1.40. The van der Waals surface area contributed by atoms with E-state index in [4.69, 9.17) is 0 Å². The van der Waals surface area contributed by atoms with Crippen molar-refractivity contribution in [1.29, 1.82) is 0 Å². The first-order chi connectivity index (χ1) is 11.2. The van der Waals surface area contributed by atoms with Crippen LogP contribution in [0.2, 0.25) is 0 Å². The number of hydrogen-bond acceptors (Lipinski definition) is 5. The number of nitrogens with one attached hydrogen (secondary N) is 1. The molecule has 0 saturated heterocycles. The summed E-state index contributed by atoms with van der Waals surface area (Å²) in [6.07, 6.45) is 5.50. The molecule has 1 saturated carbocycles. The van der Waals surface area contributed by atoms with Crippen LogP contribution in [0, 0.1) is 12.8 Å². The van der Waals surface area contributed by atoms with Crippen LogP contribution in [0.5, 0.6) is 0 Å². The fraction of sp³-hybridized carbons (Fsp3) is 0.471. The summed E-state index contributed by atoms with van der Waals surface area (Å²) in [4.78, 5) is 12.0. The zero-order valence-corrected chi connectivity index (χ0v) is 14.9. The van der Waals surface area contributed by atoms with E-state index in [-0.39, 0.29) is 5.91 Å². The van der Waals surface area contributed by atoms with E-state index in [1.54, 1.807) is 11.8 Å². The van der Waals surface area contributed by atoms with Crippen molar-refractivity contribution in [3.63, 3.8) is 0 Å². The Balaban J connectivity index is 1.47. The first kappa shape index (κ1) is 16.5. The smallest absolute Gasteiger partial charge is 0.226 e. The number of carbonyl (C=O) groups is 1. The number of anilines is 1. The highest BCUT2D eigenvalue weighted by Gasteiger charge is 2.19. The lowest BCUT2D eigenvalue weighted by Crippen LogP contribution is -2.14. The van der Waals surface area contributed by atoms with E-state index in [9.17, 15) is 4.79 Å². The van der Waals surface area contributed by atoms with E-state index >= 15 is 0 Å². The molecule has 6 heteroatoms. The number of thioether (sulfide) groups is 1. The van der Waals surface area contributed by atoms with Crippen molar-refractivity contribution in [1.82, 2.24) is 10.2 Å². The Morgan fingerprint density at radius 2 is 2.00 bits per heavy atom. The molecule has 122 valence electrons. The van der Waals surface area contributed by atoms with Gasteiger partial charge in [-0.25, -0.2) is 0 Å². The van der Waals surface area contributed by atoms with E-state index in [1.165, 1.54) is 48.1 Å². The molecule has 0 spiro atoms. The molecule has 23 heavy (non-hydrogen) atoms. The van der Waals surface area contributed by atoms with Gasteiger partial charge in [0.05, 0.1) is 0 Å². The average Bonchev–Trinajstić information content (AvgIpc) is 3.19. The van der Waals surface area contributed by atoms with Gasteiger partial charge in [0.2, 0.25) is 11.0 Å². The minimum atomic E-state index is 0.0723. The highest BCUT2D eigenvalue weighted by atomic mass is 32.2. The van der Waals surface area contributed by atoms with Crippen molar-refractivity contribution < 1.29 is 4.79 Å². The van der Waals surface area contributed by atoms with Gasteiger partial charge < -0.3 is 5.32 Å². The van der Waals surface area contributed by atoms with Gasteiger partial charge in [0.15, 0.2) is 4.34 Å². The molecule has 1 amide bonds. The monoisotopic (exact) mass is 347 g/mol. The molecule has 1 heterocycles. The third-order valence-electron chi connectivity index (χ3n) is 4.08. The predicted octanol–water partition coefficient (Wildman–Crippen LogP) is 4.66. The summed E-state index contributed by atoms with van der Waals surface area (Å²) in [6.45, 7) is 2.09. The molecular weight excluding hydrogens is 326 g/mol. The first-order valence-corrected chi connectivity index (χ1v) is 9.81. The van der Waals surface area contributed by atoms with Crippen LogP contribution in [-0.4, -0.2) is 16.1 Å². The number of amides is 1. The average molecular weight is 348 g/mol. The minimum Gasteiger partial charge on any atom is -0.300 e. The third kappa shape index (κ3) is 5.04. The van der Waals surface area contributed by atoms with E-state index in [1.807, 2.05) is 0 Å². The topological polar surface area (TPSA) is 54.9 Å². The molecule has 2 aromatic rings. The molecule has 1 aliphatic rings. The van der Waals surface area contributed by atoms with Crippen LogP contribution in [0.15, 0.2) is 28.6 Å². The molecule has 0 bridgehead atoms. The summed E-state index contributed by atoms with van der Waals surface area (Å²) < 4.78 is 0.891. The van der Waals surface area contributed by atoms with Gasteiger partial charge in [0.25, 0.3) is 0 Å². The SMILES string of the molecule is Cc1ccc(CSc2nnc(NC(=O)CC3CCCC3)s2)cc1. The number of aryl methyl sites for hydroxylation is 1. The van der Waals surface area contributed by atoms with E-state index in [0.29, 0.717) is 17.5 Å². The molecule has 3 rings (SSSR count). The fourth-order valence-corrected chi connectivity index (χ4v) is 4.52. The van der Waals surface area contributed by atoms with Crippen molar-refractivity contribution in [2.75, 3.05) is 5.32 Å². The molecule has 0 aliphatic heterocycles. The Labute approximate surface area is 145 Å². The first-order valence-electron chi connectivity index (χ1n) is 8.01. The normalized spacial score (nSPS) is 15.0. The second kappa shape index (κ2) is 7.93. The zero-order valence-electron chi connectivity index (χ0n) is 13.2. The number of nitrogens with zero attached hydrogens (tertiary/aromatic N) is 2. The van der Waals surface area contributed by atoms with Crippen molar-refractivity contribution in [3.8, 4) is 0 Å². The van der Waals surface area contributed by atoms with Gasteiger partial charge in [0, 0.05) is 12.2 Å². The van der Waals surface area contributed by atoms with E-state index in [2.05, 4.69) is 46.7 Å². The van der Waals surface area contributed by atoms with Crippen molar-refractivity contribution in [3.05, 3.63) is 35.4 Å². The number of hydrogen-bond donors (Lipinski definition) is 1. The van der Waals surface area contributed by atoms with E-state index in [0.717, 1.165) is 10.1 Å². The van der Waals surface area contributed by atoms with Crippen molar-refractivity contribution in [2.24, 2.45) is 5.92 Å². The summed E-state index contributed by atoms with van der Waals surface area (Å²) in [6, 6.07) is 8.50. The van der Waals surface area contributed by atoms with Crippen LogP contribution in [0.1, 0.15) is 43.2 Å². The molecule has 0 radical (unpaired) electrons. The molecule has 1 aliphatic carbocycles. The predicted molar refractivity (Wildman–Crippen MR) is 95.9 cm³/mol. The van der Waals surface area contributed by atoms with Crippen LogP contribution >= 0.6 is 23.1 Å². The number of benzene rings is 1. The zero-order chi connectivity index (χ0) is 16.1. The summed E-state index contributed by atoms with van der Waals surface area (Å²) in [5.74, 6) is 1.49. The summed E-state index contributed by atoms with van der Waals surface area (Å²) >= 11 is 3.10. The number of rotatable bonds is 6. The van der Waals surface area contributed by atoms with Gasteiger partial charge in [-0.1, -0.05) is 65.8 Å². The maximum atomic E-state index is 12.0. The van der Waals surface area contributed by atoms with Gasteiger partial charge in [-0.3, -0.25) is 4.79 Å². The number of carbonyl (C=O) groups excluding carboxylic acids is 1. The Kier molecular flexibility index (Phi) is 5.67. The maximum absolute atomic E-state index is 12.0. The lowest BCUT2D eigenvalue weighted by molar-refractivity contribution is -0.117. The van der Waals surface area contributed by atoms with Gasteiger partial charge in [-0.15, -0.1) is 10.2 Å². The Bertz CT molecular complexity index is 648. The highest BCUT2D eigenvalue weighted by molar-refractivity contribution is 8.00. The van der Waals surface area contributed by atoms with Gasteiger partial charge in [-0.05, 0) is 31.2 Å². The molecule has 0 unspecified atom stereocenters. The minimum absolute atomic E-state index is 0.0723. The standard InChI is InChI=1S/C17H21N3OS2/c1-12-6-8-14(9-7-12)11-22-17-20-19-16(23-17)18-15(21)10-13-4-2-3-5-13/h6-9,13H,2-5,10-11H2,1H3,(H,18,19,21). The van der Waals surface area contributed by atoms with Crippen LogP contribution in [-0.2, 0) is 10.5 Å². The fourth-order valence-electron chi connectivity index (χ4n) is 2.79. The van der Waals surface area contributed by atoms with Crippen LogP contribution in [0.4, 0.5) is 5.13 Å². The lowest BCUT2D eigenvalue weighted by Gasteiger charge is -2.06. The van der Waals surface area contributed by atoms with Crippen LogP contribution in [0.3, 0.4) is 0 Å². The number of aromatic nitrogens is 2. The quantitative estimate of drug-likeness (QED) is 0.610. The second-order valence-electron chi connectivity index (χ2n) is 6.05. The molecule has 0 atom stereocenters. The van der Waals surface area contributed by atoms with Crippen LogP contribution < -0.4 is 5.32 Å².